The Labute approximate surface area is 156 Å². The summed E-state index contributed by atoms with van der Waals surface area (Å²) < 4.78 is 44.5. The topological polar surface area (TPSA) is 63.7 Å². The van der Waals surface area contributed by atoms with Crippen LogP contribution in [0.3, 0.4) is 0 Å². The summed E-state index contributed by atoms with van der Waals surface area (Å²) in [6.45, 7) is 0. The second-order valence-corrected chi connectivity index (χ2v) is 6.24. The number of alkyl halides is 3. The summed E-state index contributed by atoms with van der Waals surface area (Å²) in [6.07, 6.45) is 2.52. The third-order valence-electron chi connectivity index (χ3n) is 4.05. The first-order valence-electron chi connectivity index (χ1n) is 8.05. The number of nitrogens with one attached hydrogen (secondary N) is 1. The van der Waals surface area contributed by atoms with Crippen LogP contribution in [0.1, 0.15) is 24.1 Å². The molecule has 0 saturated heterocycles. The van der Waals surface area contributed by atoms with Crippen molar-refractivity contribution in [1.82, 2.24) is 20.2 Å². The number of rotatable bonds is 3. The molecule has 4 rings (SSSR count). The van der Waals surface area contributed by atoms with E-state index in [0.717, 1.165) is 24.5 Å². The highest BCUT2D eigenvalue weighted by atomic mass is 35.5. The molecular formula is C18H12ClF3N4O. The molecule has 138 valence electrons. The highest BCUT2D eigenvalue weighted by Gasteiger charge is 2.34. The number of fused-ring (bicyclic) bond motifs is 1. The molecule has 27 heavy (non-hydrogen) atoms. The van der Waals surface area contributed by atoms with Crippen LogP contribution in [0.4, 0.5) is 13.2 Å². The maximum absolute atomic E-state index is 13.1. The molecule has 0 spiro atoms. The summed E-state index contributed by atoms with van der Waals surface area (Å²) in [4.78, 5) is 8.13. The Balaban J connectivity index is 1.69. The molecule has 0 radical (unpaired) electrons. The van der Waals surface area contributed by atoms with Gasteiger partial charge in [0.15, 0.2) is 5.65 Å². The van der Waals surface area contributed by atoms with Gasteiger partial charge in [0.05, 0.1) is 16.6 Å². The fourth-order valence-electron chi connectivity index (χ4n) is 2.80. The normalized spacial score (nSPS) is 14.8. The van der Waals surface area contributed by atoms with E-state index in [1.807, 2.05) is 12.2 Å². The number of hydrogen-bond donors (Lipinski definition) is 1. The van der Waals surface area contributed by atoms with Crippen LogP contribution in [0.5, 0.6) is 11.8 Å². The van der Waals surface area contributed by atoms with Crippen LogP contribution >= 0.6 is 11.6 Å². The molecule has 0 amide bonds. The van der Waals surface area contributed by atoms with E-state index in [0.29, 0.717) is 16.1 Å². The molecule has 1 aliphatic rings. The fraction of sp³-hybridized carbons (Fsp3) is 0.167. The van der Waals surface area contributed by atoms with E-state index in [9.17, 15) is 13.2 Å². The van der Waals surface area contributed by atoms with Crippen LogP contribution in [0.2, 0.25) is 0 Å². The molecule has 9 heteroatoms. The lowest BCUT2D eigenvalue weighted by Crippen LogP contribution is -2.07. The maximum Gasteiger partial charge on any atom is 0.419 e. The zero-order valence-corrected chi connectivity index (χ0v) is 14.5. The lowest BCUT2D eigenvalue weighted by molar-refractivity contribution is -0.138. The molecular weight excluding hydrogens is 381 g/mol. The molecule has 1 aromatic carbocycles. The van der Waals surface area contributed by atoms with Gasteiger partial charge in [0, 0.05) is 16.8 Å². The number of aromatic nitrogens is 4. The molecule has 3 aromatic rings. The molecule has 0 atom stereocenters. The van der Waals surface area contributed by atoms with Crippen molar-refractivity contribution >= 4 is 28.2 Å². The Hall–Kier alpha value is -2.87. The molecule has 1 aliphatic carbocycles. The van der Waals surface area contributed by atoms with Gasteiger partial charge < -0.3 is 4.74 Å². The molecule has 0 aliphatic heterocycles. The first-order chi connectivity index (χ1) is 12.9. The predicted molar refractivity (Wildman–Crippen MR) is 94.3 cm³/mol. The van der Waals surface area contributed by atoms with Gasteiger partial charge in [-0.05, 0) is 25.0 Å². The van der Waals surface area contributed by atoms with Gasteiger partial charge in [-0.25, -0.2) is 4.98 Å². The Bertz CT molecular complexity index is 1070. The zero-order chi connectivity index (χ0) is 19.0. The first kappa shape index (κ1) is 17.5. The number of hydrogen-bond acceptors (Lipinski definition) is 4. The quantitative estimate of drug-likeness (QED) is 0.642. The number of ether oxygens (including phenoxy) is 1. The smallest absolute Gasteiger partial charge is 0.419 e. The molecule has 2 aromatic heterocycles. The number of H-pyrrole nitrogens is 1. The number of allylic oxidation sites excluding steroid dienone is 4. The van der Waals surface area contributed by atoms with Gasteiger partial charge in [-0.3, -0.25) is 5.10 Å². The first-order valence-corrected chi connectivity index (χ1v) is 8.43. The zero-order valence-electron chi connectivity index (χ0n) is 13.7. The number of nitrogens with zero attached hydrogens (tertiary/aromatic N) is 3. The van der Waals surface area contributed by atoms with Crippen molar-refractivity contribution in [1.29, 1.82) is 0 Å². The van der Waals surface area contributed by atoms with E-state index in [-0.39, 0.29) is 17.4 Å². The van der Waals surface area contributed by atoms with Gasteiger partial charge in [-0.15, -0.1) is 0 Å². The third-order valence-corrected chi connectivity index (χ3v) is 4.41. The van der Waals surface area contributed by atoms with Crippen molar-refractivity contribution in [2.24, 2.45) is 0 Å². The van der Waals surface area contributed by atoms with Gasteiger partial charge in [-0.1, -0.05) is 35.9 Å². The summed E-state index contributed by atoms with van der Waals surface area (Å²) in [5.41, 5.74) is 0.828. The van der Waals surface area contributed by atoms with Crippen molar-refractivity contribution in [2.45, 2.75) is 19.0 Å². The minimum Gasteiger partial charge on any atom is -0.424 e. The van der Waals surface area contributed by atoms with E-state index < -0.39 is 11.7 Å². The van der Waals surface area contributed by atoms with E-state index in [2.05, 4.69) is 20.2 Å². The van der Waals surface area contributed by atoms with Gasteiger partial charge in [0.25, 0.3) is 0 Å². The van der Waals surface area contributed by atoms with Crippen molar-refractivity contribution < 1.29 is 17.9 Å². The molecule has 0 unspecified atom stereocenters. The monoisotopic (exact) mass is 392 g/mol. The lowest BCUT2D eigenvalue weighted by atomic mass is 10.0. The van der Waals surface area contributed by atoms with Crippen LogP contribution < -0.4 is 4.74 Å². The maximum atomic E-state index is 13.1. The largest absolute Gasteiger partial charge is 0.424 e. The summed E-state index contributed by atoms with van der Waals surface area (Å²) in [6, 6.07) is 4.65. The molecule has 5 nitrogen and oxygen atoms in total. The van der Waals surface area contributed by atoms with Crippen LogP contribution in [-0.2, 0) is 6.18 Å². The molecule has 0 bridgehead atoms. The summed E-state index contributed by atoms with van der Waals surface area (Å²) in [5, 5.41) is 8.16. The second-order valence-electron chi connectivity index (χ2n) is 5.83. The highest BCUT2D eigenvalue weighted by molar-refractivity contribution is 6.37. The van der Waals surface area contributed by atoms with Gasteiger partial charge in [-0.2, -0.15) is 23.3 Å². The third kappa shape index (κ3) is 3.40. The molecule has 1 N–H and O–H groups in total. The van der Waals surface area contributed by atoms with Crippen LogP contribution in [-0.4, -0.2) is 20.2 Å². The van der Waals surface area contributed by atoms with Gasteiger partial charge in [0.1, 0.15) is 5.75 Å². The Kier molecular flexibility index (Phi) is 4.35. The Morgan fingerprint density at radius 2 is 1.89 bits per heavy atom. The SMILES string of the molecule is FC(F)(F)c1ccccc1Oc1ncc2c(C3=CCCC=C3Cl)[nH]nc2n1. The van der Waals surface area contributed by atoms with E-state index in [1.165, 1.54) is 24.4 Å². The second kappa shape index (κ2) is 6.70. The van der Waals surface area contributed by atoms with Gasteiger partial charge in [0.2, 0.25) is 0 Å². The van der Waals surface area contributed by atoms with Crippen molar-refractivity contribution in [3.63, 3.8) is 0 Å². The van der Waals surface area contributed by atoms with E-state index in [1.54, 1.807) is 0 Å². The molecule has 0 fully saturated rings. The van der Waals surface area contributed by atoms with Crippen molar-refractivity contribution in [2.75, 3.05) is 0 Å². The Morgan fingerprint density at radius 1 is 1.11 bits per heavy atom. The van der Waals surface area contributed by atoms with Crippen LogP contribution in [0.25, 0.3) is 16.6 Å². The summed E-state index contributed by atoms with van der Waals surface area (Å²) in [7, 11) is 0. The van der Waals surface area contributed by atoms with Crippen LogP contribution in [0.15, 0.2) is 47.6 Å². The average Bonchev–Trinajstić information content (AvgIpc) is 3.05. The Morgan fingerprint density at radius 3 is 2.67 bits per heavy atom. The van der Waals surface area contributed by atoms with Crippen molar-refractivity contribution in [3.05, 3.63) is 58.9 Å². The number of aromatic amines is 1. The minimum absolute atomic E-state index is 0.225. The predicted octanol–water partition coefficient (Wildman–Crippen LogP) is 5.46. The minimum atomic E-state index is -4.54. The number of halogens is 4. The van der Waals surface area contributed by atoms with E-state index >= 15 is 0 Å². The summed E-state index contributed by atoms with van der Waals surface area (Å²) in [5.74, 6) is -0.374. The van der Waals surface area contributed by atoms with Gasteiger partial charge >= 0.3 is 12.2 Å². The number of para-hydroxylation sites is 1. The standard InChI is InChI=1S/C18H12ClF3N4O/c19-13-7-3-1-5-10(13)15-11-9-23-17(24-16(11)26-25-15)27-14-8-4-2-6-12(14)18(20,21)22/h2,4-9H,1,3H2,(H,23,24,25,26). The van der Waals surface area contributed by atoms with Crippen LogP contribution in [0, 0.1) is 0 Å². The molecule has 2 heterocycles. The summed E-state index contributed by atoms with van der Waals surface area (Å²) >= 11 is 6.25. The molecule has 0 saturated carbocycles. The highest BCUT2D eigenvalue weighted by Crippen LogP contribution is 2.38. The fourth-order valence-corrected chi connectivity index (χ4v) is 3.08. The van der Waals surface area contributed by atoms with E-state index in [4.69, 9.17) is 16.3 Å². The lowest BCUT2D eigenvalue weighted by Gasteiger charge is -2.12. The number of benzene rings is 1. The van der Waals surface area contributed by atoms with Crippen molar-refractivity contribution in [3.8, 4) is 11.8 Å². The average molecular weight is 393 g/mol.